The molecule has 0 radical (unpaired) electrons. The molecule has 0 amide bonds. The number of halogens is 1. The van der Waals surface area contributed by atoms with Crippen molar-refractivity contribution in [3.05, 3.63) is 51.8 Å². The van der Waals surface area contributed by atoms with Crippen LogP contribution in [0.25, 0.3) is 0 Å². The first-order valence-corrected chi connectivity index (χ1v) is 7.39. The lowest BCUT2D eigenvalue weighted by Gasteiger charge is -2.12. The van der Waals surface area contributed by atoms with E-state index in [1.54, 1.807) is 0 Å². The van der Waals surface area contributed by atoms with Gasteiger partial charge in [0, 0.05) is 6.54 Å². The third-order valence-electron chi connectivity index (χ3n) is 3.30. The molecule has 0 aliphatic rings. The summed E-state index contributed by atoms with van der Waals surface area (Å²) in [5.41, 5.74) is 8.66. The number of carbonyl (C=O) groups excluding carboxylic acids is 1. The molecule has 2 aromatic rings. The Bertz CT molecular complexity index is 607. The molecule has 0 aliphatic heterocycles. The smallest absolute Gasteiger partial charge is 0.160 e. The number of carbonyl (C=O) groups is 1. The van der Waals surface area contributed by atoms with Crippen molar-refractivity contribution in [1.82, 2.24) is 9.78 Å². The van der Waals surface area contributed by atoms with Crippen molar-refractivity contribution in [3.63, 3.8) is 0 Å². The van der Waals surface area contributed by atoms with E-state index in [2.05, 4.69) is 21.0 Å². The summed E-state index contributed by atoms with van der Waals surface area (Å²) in [5, 5.41) is 4.39. The van der Waals surface area contributed by atoms with Crippen LogP contribution in [-0.4, -0.2) is 15.6 Å². The molecule has 1 heterocycles. The molecule has 1 aromatic heterocycles. The molecule has 1 aromatic carbocycles. The summed E-state index contributed by atoms with van der Waals surface area (Å²) < 4.78 is 2.74. The summed E-state index contributed by atoms with van der Waals surface area (Å²) in [6, 6.07) is 8.84. The van der Waals surface area contributed by atoms with Crippen LogP contribution in [0.1, 0.15) is 29.9 Å². The summed E-state index contributed by atoms with van der Waals surface area (Å²) in [7, 11) is 0. The van der Waals surface area contributed by atoms with Gasteiger partial charge in [-0.25, -0.2) is 0 Å². The van der Waals surface area contributed by atoms with E-state index < -0.39 is 6.04 Å². The zero-order chi connectivity index (χ0) is 14.7. The molecule has 106 valence electrons. The van der Waals surface area contributed by atoms with E-state index in [0.29, 0.717) is 0 Å². The summed E-state index contributed by atoms with van der Waals surface area (Å²) in [6.07, 6.45) is 0.283. The Kier molecular flexibility index (Phi) is 4.73. The van der Waals surface area contributed by atoms with E-state index in [0.717, 1.165) is 28.0 Å². The van der Waals surface area contributed by atoms with Gasteiger partial charge in [-0.05, 0) is 35.3 Å². The maximum absolute atomic E-state index is 12.4. The number of Topliss-reactive ketones (excluding diaryl/α,β-unsaturated/α-hetero) is 1. The topological polar surface area (TPSA) is 60.9 Å². The van der Waals surface area contributed by atoms with Crippen molar-refractivity contribution in [1.29, 1.82) is 0 Å². The lowest BCUT2D eigenvalue weighted by Crippen LogP contribution is -2.24. The Morgan fingerprint density at radius 2 is 2.05 bits per heavy atom. The van der Waals surface area contributed by atoms with Crippen molar-refractivity contribution in [2.75, 3.05) is 0 Å². The van der Waals surface area contributed by atoms with Gasteiger partial charge in [0.2, 0.25) is 0 Å². The van der Waals surface area contributed by atoms with Gasteiger partial charge in [-0.1, -0.05) is 30.3 Å². The van der Waals surface area contributed by atoms with Gasteiger partial charge in [-0.2, -0.15) is 5.10 Å². The Morgan fingerprint density at radius 3 is 2.65 bits per heavy atom. The highest BCUT2D eigenvalue weighted by atomic mass is 79.9. The van der Waals surface area contributed by atoms with Gasteiger partial charge >= 0.3 is 0 Å². The molecule has 1 unspecified atom stereocenters. The molecule has 0 spiro atoms. The molecule has 1 atom stereocenters. The Labute approximate surface area is 127 Å². The normalized spacial score (nSPS) is 12.4. The standard InChI is InChI=1S/C15H18BrN3O/c1-3-19-12(14(16)10(2)18-19)9-13(20)15(17)11-7-5-4-6-8-11/h4-8,15H,3,9,17H2,1-2H3. The van der Waals surface area contributed by atoms with E-state index in [1.165, 1.54) is 0 Å². The minimum absolute atomic E-state index is 0.00787. The van der Waals surface area contributed by atoms with Gasteiger partial charge < -0.3 is 5.73 Å². The van der Waals surface area contributed by atoms with Gasteiger partial charge in [-0.15, -0.1) is 0 Å². The van der Waals surface area contributed by atoms with Crippen molar-refractivity contribution in [3.8, 4) is 0 Å². The number of benzene rings is 1. The van der Waals surface area contributed by atoms with Crippen LogP contribution in [0.15, 0.2) is 34.8 Å². The summed E-state index contributed by atoms with van der Waals surface area (Å²) >= 11 is 3.50. The Hall–Kier alpha value is -1.46. The van der Waals surface area contributed by atoms with Crippen molar-refractivity contribution in [2.45, 2.75) is 32.9 Å². The second-order valence-electron chi connectivity index (χ2n) is 4.69. The second-order valence-corrected chi connectivity index (χ2v) is 5.49. The SMILES string of the molecule is CCn1nc(C)c(Br)c1CC(=O)C(N)c1ccccc1. The molecule has 0 bridgehead atoms. The molecular formula is C15H18BrN3O. The van der Waals surface area contributed by atoms with Gasteiger partial charge in [0.1, 0.15) is 0 Å². The first kappa shape index (κ1) is 14.9. The lowest BCUT2D eigenvalue weighted by molar-refractivity contribution is -0.119. The van der Waals surface area contributed by atoms with Crippen LogP contribution in [0.5, 0.6) is 0 Å². The predicted octanol–water partition coefficient (Wildman–Crippen LogP) is 2.79. The zero-order valence-electron chi connectivity index (χ0n) is 11.6. The Morgan fingerprint density at radius 1 is 1.40 bits per heavy atom. The minimum Gasteiger partial charge on any atom is -0.318 e. The van der Waals surface area contributed by atoms with Crippen LogP contribution in [0.2, 0.25) is 0 Å². The molecular weight excluding hydrogens is 318 g/mol. The van der Waals surface area contributed by atoms with E-state index >= 15 is 0 Å². The molecule has 20 heavy (non-hydrogen) atoms. The van der Waals surface area contributed by atoms with Crippen LogP contribution in [0.3, 0.4) is 0 Å². The lowest BCUT2D eigenvalue weighted by atomic mass is 10.0. The highest BCUT2D eigenvalue weighted by Crippen LogP contribution is 2.23. The molecule has 0 saturated carbocycles. The average Bonchev–Trinajstić information content (AvgIpc) is 2.75. The highest BCUT2D eigenvalue weighted by molar-refractivity contribution is 9.10. The van der Waals surface area contributed by atoms with Crippen LogP contribution in [0.4, 0.5) is 0 Å². The number of rotatable bonds is 5. The molecule has 2 N–H and O–H groups in total. The fourth-order valence-corrected chi connectivity index (χ4v) is 2.58. The van der Waals surface area contributed by atoms with Gasteiger partial charge in [0.15, 0.2) is 5.78 Å². The second kappa shape index (κ2) is 6.33. The number of hydrogen-bond acceptors (Lipinski definition) is 3. The highest BCUT2D eigenvalue weighted by Gasteiger charge is 2.20. The fourth-order valence-electron chi connectivity index (χ4n) is 2.16. The largest absolute Gasteiger partial charge is 0.318 e. The number of nitrogens with two attached hydrogens (primary N) is 1. The molecule has 4 nitrogen and oxygen atoms in total. The van der Waals surface area contributed by atoms with Crippen molar-refractivity contribution < 1.29 is 4.79 Å². The quantitative estimate of drug-likeness (QED) is 0.913. The molecule has 5 heteroatoms. The maximum Gasteiger partial charge on any atom is 0.160 e. The van der Waals surface area contributed by atoms with E-state index in [4.69, 9.17) is 5.73 Å². The first-order valence-electron chi connectivity index (χ1n) is 6.59. The van der Waals surface area contributed by atoms with Crippen molar-refractivity contribution >= 4 is 21.7 Å². The van der Waals surface area contributed by atoms with Gasteiger partial charge in [0.05, 0.1) is 28.3 Å². The molecule has 2 rings (SSSR count). The zero-order valence-corrected chi connectivity index (χ0v) is 13.2. The minimum atomic E-state index is -0.594. The average molecular weight is 336 g/mol. The van der Waals surface area contributed by atoms with Gasteiger partial charge in [-0.3, -0.25) is 9.48 Å². The summed E-state index contributed by atoms with van der Waals surface area (Å²) in [4.78, 5) is 12.4. The number of hydrogen-bond donors (Lipinski definition) is 1. The maximum atomic E-state index is 12.4. The molecule has 0 aliphatic carbocycles. The van der Waals surface area contributed by atoms with E-state index in [1.807, 2.05) is 48.9 Å². The Balaban J connectivity index is 2.20. The van der Waals surface area contributed by atoms with Crippen LogP contribution in [-0.2, 0) is 17.8 Å². The molecule has 0 saturated heterocycles. The van der Waals surface area contributed by atoms with Crippen LogP contribution in [0, 0.1) is 6.92 Å². The van der Waals surface area contributed by atoms with Crippen LogP contribution >= 0.6 is 15.9 Å². The van der Waals surface area contributed by atoms with Crippen LogP contribution < -0.4 is 5.73 Å². The number of ketones is 1. The predicted molar refractivity (Wildman–Crippen MR) is 82.4 cm³/mol. The van der Waals surface area contributed by atoms with Gasteiger partial charge in [0.25, 0.3) is 0 Å². The third kappa shape index (κ3) is 2.99. The number of aromatic nitrogens is 2. The van der Waals surface area contributed by atoms with Crippen molar-refractivity contribution in [2.24, 2.45) is 5.73 Å². The first-order chi connectivity index (χ1) is 9.54. The van der Waals surface area contributed by atoms with E-state index in [9.17, 15) is 4.79 Å². The number of aryl methyl sites for hydroxylation is 2. The van der Waals surface area contributed by atoms with E-state index in [-0.39, 0.29) is 12.2 Å². The summed E-state index contributed by atoms with van der Waals surface area (Å²) in [6.45, 7) is 4.65. The molecule has 0 fully saturated rings. The number of nitrogens with zero attached hydrogens (tertiary/aromatic N) is 2. The monoisotopic (exact) mass is 335 g/mol. The third-order valence-corrected chi connectivity index (χ3v) is 4.33. The fraction of sp³-hybridized carbons (Fsp3) is 0.333. The summed E-state index contributed by atoms with van der Waals surface area (Å²) in [5.74, 6) is -0.00787.